The predicted molar refractivity (Wildman–Crippen MR) is 105 cm³/mol. The number of anilines is 2. The first-order valence-electron chi connectivity index (χ1n) is 8.65. The number of esters is 1. The largest absolute Gasteiger partial charge is 0.494 e. The SMILES string of the molecule is COc1cc([N+](=O)[O-])ccc1NC(=O)[C@@H](C)OC(=O)c1ccccc1NCCO. The lowest BCUT2D eigenvalue weighted by Crippen LogP contribution is -2.30. The van der Waals surface area contributed by atoms with Crippen molar-refractivity contribution in [3.05, 3.63) is 58.1 Å². The van der Waals surface area contributed by atoms with Gasteiger partial charge in [0.15, 0.2) is 6.10 Å². The number of nitro groups is 1. The standard InChI is InChI=1S/C19H21N3O7/c1-12(29-19(25)14-5-3-4-6-15(14)20-9-10-23)18(24)21-16-8-7-13(22(26)27)11-17(16)28-2/h3-8,11-12,20,23H,9-10H2,1-2H3,(H,21,24)/t12-/m1/s1. The van der Waals surface area contributed by atoms with Crippen LogP contribution in [0.3, 0.4) is 0 Å². The van der Waals surface area contributed by atoms with Crippen molar-refractivity contribution in [1.82, 2.24) is 0 Å². The van der Waals surface area contributed by atoms with Gasteiger partial charge in [0.1, 0.15) is 5.75 Å². The first-order chi connectivity index (χ1) is 13.9. The molecule has 2 aromatic rings. The van der Waals surface area contributed by atoms with Gasteiger partial charge >= 0.3 is 5.97 Å². The van der Waals surface area contributed by atoms with E-state index in [9.17, 15) is 19.7 Å². The number of hydrogen-bond donors (Lipinski definition) is 3. The number of nitrogens with zero attached hydrogens (tertiary/aromatic N) is 1. The highest BCUT2D eigenvalue weighted by atomic mass is 16.6. The van der Waals surface area contributed by atoms with Gasteiger partial charge in [-0.25, -0.2) is 4.79 Å². The summed E-state index contributed by atoms with van der Waals surface area (Å²) in [6.07, 6.45) is -1.15. The van der Waals surface area contributed by atoms with Crippen molar-refractivity contribution in [2.24, 2.45) is 0 Å². The van der Waals surface area contributed by atoms with Crippen molar-refractivity contribution < 1.29 is 29.1 Å². The monoisotopic (exact) mass is 403 g/mol. The first kappa shape index (κ1) is 21.6. The average Bonchev–Trinajstić information content (AvgIpc) is 2.72. The zero-order valence-corrected chi connectivity index (χ0v) is 15.9. The summed E-state index contributed by atoms with van der Waals surface area (Å²) in [6, 6.07) is 10.3. The van der Waals surface area contributed by atoms with Crippen LogP contribution in [0, 0.1) is 10.1 Å². The summed E-state index contributed by atoms with van der Waals surface area (Å²) in [5.74, 6) is -1.25. The molecule has 0 aromatic heterocycles. The van der Waals surface area contributed by atoms with E-state index in [1.165, 1.54) is 38.3 Å². The van der Waals surface area contributed by atoms with E-state index in [1.807, 2.05) is 0 Å². The van der Waals surface area contributed by atoms with Crippen molar-refractivity contribution in [2.45, 2.75) is 13.0 Å². The summed E-state index contributed by atoms with van der Waals surface area (Å²) < 4.78 is 10.3. The van der Waals surface area contributed by atoms with Gasteiger partial charge in [0.2, 0.25) is 0 Å². The van der Waals surface area contributed by atoms with E-state index in [4.69, 9.17) is 14.6 Å². The van der Waals surface area contributed by atoms with E-state index in [1.54, 1.807) is 18.2 Å². The maximum atomic E-state index is 12.4. The van der Waals surface area contributed by atoms with Crippen LogP contribution >= 0.6 is 0 Å². The summed E-state index contributed by atoms with van der Waals surface area (Å²) >= 11 is 0. The number of methoxy groups -OCH3 is 1. The van der Waals surface area contributed by atoms with E-state index in [0.29, 0.717) is 5.69 Å². The zero-order chi connectivity index (χ0) is 21.4. The van der Waals surface area contributed by atoms with E-state index in [-0.39, 0.29) is 35.8 Å². The lowest BCUT2D eigenvalue weighted by Gasteiger charge is -2.16. The topological polar surface area (TPSA) is 140 Å². The molecule has 0 aliphatic rings. The Morgan fingerprint density at radius 2 is 1.93 bits per heavy atom. The van der Waals surface area contributed by atoms with Gasteiger partial charge in [-0.15, -0.1) is 0 Å². The van der Waals surface area contributed by atoms with Crippen molar-refractivity contribution in [1.29, 1.82) is 0 Å². The van der Waals surface area contributed by atoms with Gasteiger partial charge in [0, 0.05) is 18.3 Å². The number of amides is 1. The predicted octanol–water partition coefficient (Wildman–Crippen LogP) is 2.19. The van der Waals surface area contributed by atoms with Crippen molar-refractivity contribution in [3.63, 3.8) is 0 Å². The summed E-state index contributed by atoms with van der Waals surface area (Å²) in [5, 5.41) is 25.2. The third-order valence-corrected chi connectivity index (χ3v) is 3.88. The maximum absolute atomic E-state index is 12.4. The number of carbonyl (C=O) groups excluding carboxylic acids is 2. The average molecular weight is 403 g/mol. The number of rotatable bonds is 9. The normalized spacial score (nSPS) is 11.3. The fraction of sp³-hybridized carbons (Fsp3) is 0.263. The maximum Gasteiger partial charge on any atom is 0.341 e. The van der Waals surface area contributed by atoms with Crippen LogP contribution in [-0.4, -0.2) is 48.3 Å². The highest BCUT2D eigenvalue weighted by Crippen LogP contribution is 2.29. The Morgan fingerprint density at radius 3 is 2.59 bits per heavy atom. The fourth-order valence-electron chi connectivity index (χ4n) is 2.41. The molecule has 0 aliphatic heterocycles. The second kappa shape index (κ2) is 10.0. The summed E-state index contributed by atoms with van der Waals surface area (Å²) in [4.78, 5) is 35.1. The van der Waals surface area contributed by atoms with E-state index in [0.717, 1.165) is 0 Å². The number of carbonyl (C=O) groups is 2. The molecule has 3 N–H and O–H groups in total. The molecule has 10 heteroatoms. The van der Waals surface area contributed by atoms with Gasteiger partial charge in [0.25, 0.3) is 11.6 Å². The Morgan fingerprint density at radius 1 is 1.21 bits per heavy atom. The number of aliphatic hydroxyl groups is 1. The molecule has 0 bridgehead atoms. The van der Waals surface area contributed by atoms with Gasteiger partial charge in [-0.05, 0) is 25.1 Å². The molecule has 0 unspecified atom stereocenters. The Kier molecular flexibility index (Phi) is 7.49. The van der Waals surface area contributed by atoms with Crippen LogP contribution in [0.15, 0.2) is 42.5 Å². The van der Waals surface area contributed by atoms with Crippen LogP contribution < -0.4 is 15.4 Å². The van der Waals surface area contributed by atoms with Gasteiger partial charge < -0.3 is 25.2 Å². The molecule has 10 nitrogen and oxygen atoms in total. The molecule has 29 heavy (non-hydrogen) atoms. The summed E-state index contributed by atoms with van der Waals surface area (Å²) in [6.45, 7) is 1.54. The molecule has 154 valence electrons. The molecule has 2 aromatic carbocycles. The summed E-state index contributed by atoms with van der Waals surface area (Å²) in [5.41, 5.74) is 0.701. The van der Waals surface area contributed by atoms with Crippen molar-refractivity contribution in [3.8, 4) is 5.75 Å². The number of nitro benzene ring substituents is 1. The number of ether oxygens (including phenoxy) is 2. The van der Waals surface area contributed by atoms with Crippen LogP contribution in [0.4, 0.5) is 17.1 Å². The van der Waals surface area contributed by atoms with Crippen LogP contribution in [-0.2, 0) is 9.53 Å². The molecule has 0 spiro atoms. The lowest BCUT2D eigenvalue weighted by molar-refractivity contribution is -0.384. The highest BCUT2D eigenvalue weighted by Gasteiger charge is 2.22. The summed E-state index contributed by atoms with van der Waals surface area (Å²) in [7, 11) is 1.31. The Labute approximate surface area is 166 Å². The molecule has 2 rings (SSSR count). The van der Waals surface area contributed by atoms with Gasteiger partial charge in [-0.1, -0.05) is 12.1 Å². The molecule has 1 amide bonds. The third kappa shape index (κ3) is 5.66. The van der Waals surface area contributed by atoms with Gasteiger partial charge in [0.05, 0.1) is 36.0 Å². The highest BCUT2D eigenvalue weighted by molar-refractivity contribution is 6.00. The molecule has 0 saturated carbocycles. The number of nitrogens with one attached hydrogen (secondary N) is 2. The van der Waals surface area contributed by atoms with Gasteiger partial charge in [-0.2, -0.15) is 0 Å². The molecule has 0 saturated heterocycles. The number of para-hydroxylation sites is 1. The van der Waals surface area contributed by atoms with Crippen LogP contribution in [0.1, 0.15) is 17.3 Å². The third-order valence-electron chi connectivity index (χ3n) is 3.88. The minimum atomic E-state index is -1.15. The van der Waals surface area contributed by atoms with Crippen LogP contribution in [0.5, 0.6) is 5.75 Å². The van der Waals surface area contributed by atoms with Crippen molar-refractivity contribution >= 4 is 28.9 Å². The Hall–Kier alpha value is -3.66. The molecule has 0 fully saturated rings. The first-order valence-corrected chi connectivity index (χ1v) is 8.65. The fourth-order valence-corrected chi connectivity index (χ4v) is 2.41. The zero-order valence-electron chi connectivity index (χ0n) is 15.9. The Balaban J connectivity index is 2.08. The second-order valence-corrected chi connectivity index (χ2v) is 5.87. The quantitative estimate of drug-likeness (QED) is 0.329. The lowest BCUT2D eigenvalue weighted by atomic mass is 10.1. The molecule has 0 aliphatic carbocycles. The second-order valence-electron chi connectivity index (χ2n) is 5.87. The minimum Gasteiger partial charge on any atom is -0.494 e. The minimum absolute atomic E-state index is 0.102. The Bertz CT molecular complexity index is 901. The van der Waals surface area contributed by atoms with Crippen molar-refractivity contribution in [2.75, 3.05) is 30.9 Å². The number of benzene rings is 2. The van der Waals surface area contributed by atoms with E-state index < -0.39 is 22.9 Å². The number of hydrogen-bond acceptors (Lipinski definition) is 8. The van der Waals surface area contributed by atoms with E-state index >= 15 is 0 Å². The molecular weight excluding hydrogens is 382 g/mol. The van der Waals surface area contributed by atoms with E-state index in [2.05, 4.69) is 10.6 Å². The van der Waals surface area contributed by atoms with Gasteiger partial charge in [-0.3, -0.25) is 14.9 Å². The number of aliphatic hydroxyl groups excluding tert-OH is 1. The smallest absolute Gasteiger partial charge is 0.341 e. The van der Waals surface area contributed by atoms with Crippen LogP contribution in [0.25, 0.3) is 0 Å². The molecular formula is C19H21N3O7. The number of non-ortho nitro benzene ring substituents is 1. The van der Waals surface area contributed by atoms with Crippen LogP contribution in [0.2, 0.25) is 0 Å². The molecule has 0 heterocycles. The molecule has 1 atom stereocenters. The molecule has 0 radical (unpaired) electrons.